The summed E-state index contributed by atoms with van der Waals surface area (Å²) in [6.07, 6.45) is 4.54. The number of urea groups is 1. The van der Waals surface area contributed by atoms with Crippen LogP contribution in [0, 0.1) is 0 Å². The van der Waals surface area contributed by atoms with E-state index in [-0.39, 0.29) is 18.7 Å². The summed E-state index contributed by atoms with van der Waals surface area (Å²) in [6, 6.07) is 7.66. The van der Waals surface area contributed by atoms with E-state index in [0.717, 1.165) is 17.5 Å². The number of aliphatic hydroxyl groups is 1. The molecule has 1 aliphatic rings. The summed E-state index contributed by atoms with van der Waals surface area (Å²) in [5.74, 6) is 0. The number of nitrogens with one attached hydrogen (secondary N) is 2. The van der Waals surface area contributed by atoms with Gasteiger partial charge in [0.1, 0.15) is 0 Å². The van der Waals surface area contributed by atoms with Gasteiger partial charge in [0.2, 0.25) is 0 Å². The Morgan fingerprint density at radius 3 is 3.00 bits per heavy atom. The minimum absolute atomic E-state index is 0.0158. The number of carbonyl (C=O) groups excluding carboxylic acids is 1. The van der Waals surface area contributed by atoms with Crippen molar-refractivity contribution >= 4 is 11.7 Å². The molecule has 0 fully saturated rings. The fourth-order valence-corrected chi connectivity index (χ4v) is 2.37. The molecule has 23 heavy (non-hydrogen) atoms. The molecule has 6 nitrogen and oxygen atoms in total. The van der Waals surface area contributed by atoms with Crippen molar-refractivity contribution in [2.75, 3.05) is 20.3 Å². The number of hydrogen-bond donors (Lipinski definition) is 3. The number of ether oxygens (including phenoxy) is 1. The quantitative estimate of drug-likeness (QED) is 0.711. The molecule has 6 heteroatoms. The van der Waals surface area contributed by atoms with Gasteiger partial charge in [-0.2, -0.15) is 0 Å². The Kier molecular flexibility index (Phi) is 6.77. The van der Waals surface area contributed by atoms with Gasteiger partial charge in [-0.1, -0.05) is 30.3 Å². The van der Waals surface area contributed by atoms with Crippen LogP contribution in [0.4, 0.5) is 4.79 Å². The lowest BCUT2D eigenvalue weighted by Crippen LogP contribution is -2.39. The van der Waals surface area contributed by atoms with Crippen LogP contribution in [0.15, 0.2) is 41.4 Å². The number of methoxy groups -OCH3 is 1. The molecule has 124 valence electrons. The number of hydrogen-bond acceptors (Lipinski definition) is 4. The highest BCUT2D eigenvalue weighted by atomic mass is 16.5. The molecule has 1 aromatic carbocycles. The second-order valence-electron chi connectivity index (χ2n) is 5.39. The van der Waals surface area contributed by atoms with Crippen LogP contribution >= 0.6 is 0 Å². The second kappa shape index (κ2) is 9.07. The van der Waals surface area contributed by atoms with Crippen molar-refractivity contribution in [2.24, 2.45) is 4.99 Å². The van der Waals surface area contributed by atoms with E-state index < -0.39 is 0 Å². The fraction of sp³-hybridized carbons (Fsp3) is 0.412. The maximum Gasteiger partial charge on any atom is 0.315 e. The van der Waals surface area contributed by atoms with Gasteiger partial charge in [-0.15, -0.1) is 0 Å². The normalized spacial score (nSPS) is 16.8. The Morgan fingerprint density at radius 1 is 1.39 bits per heavy atom. The number of aliphatic hydroxyl groups excluding tert-OH is 1. The Balaban J connectivity index is 1.74. The predicted molar refractivity (Wildman–Crippen MR) is 89.5 cm³/mol. The van der Waals surface area contributed by atoms with Gasteiger partial charge in [0.05, 0.1) is 25.0 Å². The first-order valence-electron chi connectivity index (χ1n) is 7.63. The number of dihydropyridines is 1. The molecular weight excluding hydrogens is 294 g/mol. The van der Waals surface area contributed by atoms with E-state index in [1.54, 1.807) is 7.11 Å². The first kappa shape index (κ1) is 17.2. The average molecular weight is 317 g/mol. The van der Waals surface area contributed by atoms with Crippen LogP contribution < -0.4 is 10.6 Å². The highest BCUT2D eigenvalue weighted by Gasteiger charge is 2.11. The summed E-state index contributed by atoms with van der Waals surface area (Å²) in [4.78, 5) is 16.2. The highest BCUT2D eigenvalue weighted by Crippen LogP contribution is 2.07. The molecule has 0 aromatic heterocycles. The van der Waals surface area contributed by atoms with Crippen LogP contribution in [0.1, 0.15) is 17.5 Å². The number of rotatable bonds is 7. The molecule has 0 saturated heterocycles. The van der Waals surface area contributed by atoms with Crippen molar-refractivity contribution < 1.29 is 14.6 Å². The first-order chi connectivity index (χ1) is 11.2. The summed E-state index contributed by atoms with van der Waals surface area (Å²) in [5, 5.41) is 14.7. The van der Waals surface area contributed by atoms with Crippen molar-refractivity contribution in [2.45, 2.75) is 25.6 Å². The lowest BCUT2D eigenvalue weighted by Gasteiger charge is -2.16. The molecule has 1 aromatic rings. The molecule has 1 aliphatic heterocycles. The zero-order valence-corrected chi connectivity index (χ0v) is 13.3. The predicted octanol–water partition coefficient (Wildman–Crippen LogP) is 1.39. The molecule has 0 radical (unpaired) electrons. The van der Waals surface area contributed by atoms with E-state index in [2.05, 4.69) is 15.6 Å². The summed E-state index contributed by atoms with van der Waals surface area (Å²) in [5.41, 5.74) is 2.75. The molecule has 0 spiro atoms. The van der Waals surface area contributed by atoms with Crippen LogP contribution in [0.2, 0.25) is 0 Å². The Hall–Kier alpha value is -2.18. The molecule has 0 saturated carbocycles. The number of amides is 2. The van der Waals surface area contributed by atoms with Gasteiger partial charge in [-0.3, -0.25) is 4.99 Å². The monoisotopic (exact) mass is 317 g/mol. The number of aliphatic imine (C=N–C) groups is 1. The second-order valence-corrected chi connectivity index (χ2v) is 5.39. The van der Waals surface area contributed by atoms with Gasteiger partial charge in [-0.25, -0.2) is 4.79 Å². The van der Waals surface area contributed by atoms with E-state index in [1.807, 2.05) is 36.4 Å². The summed E-state index contributed by atoms with van der Waals surface area (Å²) < 4.78 is 5.10. The van der Waals surface area contributed by atoms with E-state index in [0.29, 0.717) is 25.4 Å². The number of carbonyl (C=O) groups is 1. The molecule has 2 amide bonds. The van der Waals surface area contributed by atoms with Gasteiger partial charge in [-0.05, 0) is 23.6 Å². The van der Waals surface area contributed by atoms with Crippen LogP contribution in [-0.4, -0.2) is 43.2 Å². The number of nitrogens with zero attached hydrogens (tertiary/aromatic N) is 1. The minimum atomic E-state index is -0.225. The van der Waals surface area contributed by atoms with E-state index in [9.17, 15) is 4.79 Å². The topological polar surface area (TPSA) is 83.0 Å². The Bertz CT molecular complexity index is 584. The van der Waals surface area contributed by atoms with Crippen LogP contribution in [0.5, 0.6) is 0 Å². The van der Waals surface area contributed by atoms with Crippen molar-refractivity contribution in [3.8, 4) is 0 Å². The lowest BCUT2D eigenvalue weighted by molar-refractivity contribution is 0.185. The Morgan fingerprint density at radius 2 is 2.22 bits per heavy atom. The molecule has 3 N–H and O–H groups in total. The summed E-state index contributed by atoms with van der Waals surface area (Å²) >= 11 is 0. The zero-order chi connectivity index (χ0) is 16.5. The Labute approximate surface area is 136 Å². The summed E-state index contributed by atoms with van der Waals surface area (Å²) in [7, 11) is 1.66. The van der Waals surface area contributed by atoms with Crippen LogP contribution in [-0.2, 0) is 17.9 Å². The third-order valence-corrected chi connectivity index (χ3v) is 3.48. The standard InChI is InChI=1S/C17H23N3O3/c1-23-12-14-5-2-4-13(8-14)9-18-17(22)19-10-15-6-3-7-16(11-21)20-15/h2-5,7-8,15,21H,6,9-12H2,1H3,(H2,18,19,22). The van der Waals surface area contributed by atoms with E-state index >= 15 is 0 Å². The lowest BCUT2D eigenvalue weighted by atomic mass is 10.1. The molecular formula is C17H23N3O3. The van der Waals surface area contributed by atoms with Gasteiger partial charge < -0.3 is 20.5 Å². The zero-order valence-electron chi connectivity index (χ0n) is 13.3. The molecule has 1 heterocycles. The van der Waals surface area contributed by atoms with Gasteiger partial charge in [0.25, 0.3) is 0 Å². The van der Waals surface area contributed by atoms with Crippen molar-refractivity contribution in [3.05, 3.63) is 47.5 Å². The average Bonchev–Trinajstić information content (AvgIpc) is 2.59. The highest BCUT2D eigenvalue weighted by molar-refractivity contribution is 5.96. The van der Waals surface area contributed by atoms with Gasteiger partial charge in [0, 0.05) is 20.2 Å². The van der Waals surface area contributed by atoms with Crippen molar-refractivity contribution in [1.29, 1.82) is 0 Å². The molecule has 2 rings (SSSR count). The summed E-state index contributed by atoms with van der Waals surface area (Å²) in [6.45, 7) is 1.39. The van der Waals surface area contributed by atoms with Crippen molar-refractivity contribution in [3.63, 3.8) is 0 Å². The van der Waals surface area contributed by atoms with Crippen LogP contribution in [0.25, 0.3) is 0 Å². The van der Waals surface area contributed by atoms with Gasteiger partial charge >= 0.3 is 6.03 Å². The molecule has 0 bridgehead atoms. The van der Waals surface area contributed by atoms with Gasteiger partial charge in [0.15, 0.2) is 0 Å². The molecule has 0 aliphatic carbocycles. The minimum Gasteiger partial charge on any atom is -0.390 e. The smallest absolute Gasteiger partial charge is 0.315 e. The molecule has 1 atom stereocenters. The third kappa shape index (κ3) is 5.84. The first-order valence-corrected chi connectivity index (χ1v) is 7.63. The number of benzene rings is 1. The third-order valence-electron chi connectivity index (χ3n) is 3.48. The van der Waals surface area contributed by atoms with Crippen molar-refractivity contribution in [1.82, 2.24) is 10.6 Å². The molecule has 1 unspecified atom stereocenters. The largest absolute Gasteiger partial charge is 0.390 e. The maximum atomic E-state index is 11.9. The van der Waals surface area contributed by atoms with Crippen LogP contribution in [0.3, 0.4) is 0 Å². The fourth-order valence-electron chi connectivity index (χ4n) is 2.37. The van der Waals surface area contributed by atoms with E-state index in [1.165, 1.54) is 0 Å². The maximum absolute atomic E-state index is 11.9. The van der Waals surface area contributed by atoms with E-state index in [4.69, 9.17) is 9.84 Å². The SMILES string of the molecule is COCc1cccc(CNC(=O)NCC2CC=CC(CO)=N2)c1.